The predicted molar refractivity (Wildman–Crippen MR) is 108 cm³/mol. The van der Waals surface area contributed by atoms with Gasteiger partial charge in [-0.2, -0.15) is 0 Å². The normalized spacial score (nSPS) is 15.8. The van der Waals surface area contributed by atoms with Crippen LogP contribution in [0.5, 0.6) is 5.75 Å². The maximum Gasteiger partial charge on any atom is 0.262 e. The van der Waals surface area contributed by atoms with Crippen LogP contribution in [-0.4, -0.2) is 37.6 Å². The molecule has 1 aliphatic heterocycles. The maximum absolute atomic E-state index is 13.6. The third kappa shape index (κ3) is 5.94. The van der Waals surface area contributed by atoms with Gasteiger partial charge in [-0.05, 0) is 43.7 Å². The Kier molecular flexibility index (Phi) is 8.22. The van der Waals surface area contributed by atoms with Crippen LogP contribution in [0.25, 0.3) is 0 Å². The molecule has 0 aromatic heterocycles. The molecule has 0 radical (unpaired) electrons. The zero-order valence-electron chi connectivity index (χ0n) is 15.2. The van der Waals surface area contributed by atoms with E-state index in [1.165, 1.54) is 18.2 Å². The summed E-state index contributed by atoms with van der Waals surface area (Å²) in [5.41, 5.74) is 0.448. The molecule has 1 atom stereocenters. The van der Waals surface area contributed by atoms with Crippen LogP contribution in [0.2, 0.25) is 0 Å². The molecule has 0 spiro atoms. The van der Waals surface area contributed by atoms with E-state index in [9.17, 15) is 14.0 Å². The highest BCUT2D eigenvalue weighted by atomic mass is 35.5. The Morgan fingerprint density at radius 1 is 1.14 bits per heavy atom. The highest BCUT2D eigenvalue weighted by molar-refractivity contribution is 5.97. The van der Waals surface area contributed by atoms with E-state index in [0.29, 0.717) is 11.3 Å². The molecular weight excluding hydrogens is 385 g/mol. The summed E-state index contributed by atoms with van der Waals surface area (Å²) in [6, 6.07) is 12.7. The molecule has 150 valence electrons. The smallest absolute Gasteiger partial charge is 0.262 e. The van der Waals surface area contributed by atoms with Crippen LogP contribution in [0.15, 0.2) is 48.5 Å². The molecular formula is C20H23ClFN3O3. The Balaban J connectivity index is 0.00000280. The van der Waals surface area contributed by atoms with E-state index < -0.39 is 11.7 Å². The lowest BCUT2D eigenvalue weighted by atomic mass is 10.1. The fourth-order valence-electron chi connectivity index (χ4n) is 2.91. The number of hydrogen-bond acceptors (Lipinski definition) is 4. The van der Waals surface area contributed by atoms with Crippen LogP contribution >= 0.6 is 12.4 Å². The molecule has 28 heavy (non-hydrogen) atoms. The van der Waals surface area contributed by atoms with Gasteiger partial charge < -0.3 is 20.7 Å². The molecule has 2 aromatic carbocycles. The fraction of sp³-hybridized carbons (Fsp3) is 0.300. The minimum absolute atomic E-state index is 0. The second kappa shape index (κ2) is 10.6. The third-order valence-electron chi connectivity index (χ3n) is 4.27. The van der Waals surface area contributed by atoms with Crippen LogP contribution in [0.3, 0.4) is 0 Å². The molecule has 1 fully saturated rings. The lowest BCUT2D eigenvalue weighted by Gasteiger charge is -2.24. The summed E-state index contributed by atoms with van der Waals surface area (Å²) in [7, 11) is 0. The number of carbonyl (C=O) groups excluding carboxylic acids is 2. The number of amides is 2. The minimum Gasteiger partial charge on any atom is -0.483 e. The molecule has 2 amide bonds. The summed E-state index contributed by atoms with van der Waals surface area (Å²) in [5, 5.41) is 8.67. The first-order valence-electron chi connectivity index (χ1n) is 8.91. The molecule has 0 saturated carbocycles. The first-order chi connectivity index (χ1) is 13.1. The molecule has 1 aliphatic rings. The van der Waals surface area contributed by atoms with Crippen molar-refractivity contribution in [1.29, 1.82) is 0 Å². The van der Waals surface area contributed by atoms with Crippen molar-refractivity contribution in [2.75, 3.05) is 25.0 Å². The van der Waals surface area contributed by atoms with Crippen LogP contribution in [0, 0.1) is 5.82 Å². The topological polar surface area (TPSA) is 79.5 Å². The van der Waals surface area contributed by atoms with Gasteiger partial charge in [-0.15, -0.1) is 12.4 Å². The number of ether oxygens (including phenoxy) is 1. The number of anilines is 1. The number of carbonyl (C=O) groups is 2. The van der Waals surface area contributed by atoms with E-state index in [4.69, 9.17) is 4.74 Å². The molecule has 3 rings (SSSR count). The highest BCUT2D eigenvalue weighted by Crippen LogP contribution is 2.19. The Morgan fingerprint density at radius 3 is 2.64 bits per heavy atom. The SMILES string of the molecule is Cl.O=C(COc1ccccc1C(=O)NC1CCCNC1)Nc1ccccc1F. The number of rotatable bonds is 6. The van der Waals surface area contributed by atoms with Gasteiger partial charge >= 0.3 is 0 Å². The van der Waals surface area contributed by atoms with Gasteiger partial charge in [-0.3, -0.25) is 9.59 Å². The molecule has 8 heteroatoms. The summed E-state index contributed by atoms with van der Waals surface area (Å²) >= 11 is 0. The molecule has 3 N–H and O–H groups in total. The lowest BCUT2D eigenvalue weighted by molar-refractivity contribution is -0.118. The van der Waals surface area contributed by atoms with Crippen LogP contribution in [0.1, 0.15) is 23.2 Å². The molecule has 1 heterocycles. The van der Waals surface area contributed by atoms with E-state index in [0.717, 1.165) is 25.9 Å². The fourth-order valence-corrected chi connectivity index (χ4v) is 2.91. The van der Waals surface area contributed by atoms with E-state index in [-0.39, 0.29) is 36.7 Å². The van der Waals surface area contributed by atoms with Crippen molar-refractivity contribution in [1.82, 2.24) is 10.6 Å². The van der Waals surface area contributed by atoms with Crippen molar-refractivity contribution >= 4 is 29.9 Å². The van der Waals surface area contributed by atoms with Gasteiger partial charge in [-0.25, -0.2) is 4.39 Å². The molecule has 2 aromatic rings. The molecule has 6 nitrogen and oxygen atoms in total. The quantitative estimate of drug-likeness (QED) is 0.688. The van der Waals surface area contributed by atoms with Gasteiger partial charge in [0.25, 0.3) is 11.8 Å². The first-order valence-corrected chi connectivity index (χ1v) is 8.91. The number of benzene rings is 2. The largest absolute Gasteiger partial charge is 0.483 e. The zero-order chi connectivity index (χ0) is 19.1. The molecule has 1 saturated heterocycles. The maximum atomic E-state index is 13.6. The zero-order valence-corrected chi connectivity index (χ0v) is 16.1. The number of nitrogens with one attached hydrogen (secondary N) is 3. The van der Waals surface area contributed by atoms with Gasteiger partial charge in [-0.1, -0.05) is 24.3 Å². The van der Waals surface area contributed by atoms with E-state index >= 15 is 0 Å². The Labute approximate surface area is 169 Å². The third-order valence-corrected chi connectivity index (χ3v) is 4.27. The van der Waals surface area contributed by atoms with Crippen molar-refractivity contribution in [3.63, 3.8) is 0 Å². The summed E-state index contributed by atoms with van der Waals surface area (Å²) in [5.74, 6) is -0.963. The van der Waals surface area contributed by atoms with Crippen LogP contribution in [-0.2, 0) is 4.79 Å². The summed E-state index contributed by atoms with van der Waals surface area (Å²) in [6.45, 7) is 1.37. The first kappa shape index (κ1) is 21.7. The molecule has 0 aliphatic carbocycles. The second-order valence-electron chi connectivity index (χ2n) is 6.33. The van der Waals surface area contributed by atoms with Gasteiger partial charge in [0.2, 0.25) is 0 Å². The Hall–Kier alpha value is -2.64. The second-order valence-corrected chi connectivity index (χ2v) is 6.33. The van der Waals surface area contributed by atoms with Crippen LogP contribution < -0.4 is 20.7 Å². The number of hydrogen-bond donors (Lipinski definition) is 3. The van der Waals surface area contributed by atoms with Gasteiger partial charge in [0.15, 0.2) is 6.61 Å². The van der Waals surface area contributed by atoms with Crippen molar-refractivity contribution in [2.45, 2.75) is 18.9 Å². The van der Waals surface area contributed by atoms with Crippen LogP contribution in [0.4, 0.5) is 10.1 Å². The van der Waals surface area contributed by atoms with Gasteiger partial charge in [0, 0.05) is 12.6 Å². The minimum atomic E-state index is -0.522. The predicted octanol–water partition coefficient (Wildman–Crippen LogP) is 2.75. The van der Waals surface area contributed by atoms with Gasteiger partial charge in [0.05, 0.1) is 11.3 Å². The van der Waals surface area contributed by atoms with Crippen molar-refractivity contribution < 1.29 is 18.7 Å². The number of piperidine rings is 1. The standard InChI is InChI=1S/C20H22FN3O3.ClH/c21-16-8-2-3-9-17(16)24-19(25)13-27-18-10-4-1-7-15(18)20(26)23-14-6-5-11-22-12-14;/h1-4,7-10,14,22H,5-6,11-13H2,(H,23,26)(H,24,25);1H. The molecule has 1 unspecified atom stereocenters. The van der Waals surface area contributed by atoms with Crippen molar-refractivity contribution in [3.8, 4) is 5.75 Å². The Bertz CT molecular complexity index is 813. The summed E-state index contributed by atoms with van der Waals surface area (Å²) in [4.78, 5) is 24.6. The Morgan fingerprint density at radius 2 is 1.89 bits per heavy atom. The average molecular weight is 408 g/mol. The van der Waals surface area contributed by atoms with E-state index in [1.807, 2.05) is 0 Å². The average Bonchev–Trinajstić information content (AvgIpc) is 2.69. The number of para-hydroxylation sites is 2. The summed E-state index contributed by atoms with van der Waals surface area (Å²) in [6.07, 6.45) is 1.94. The monoisotopic (exact) mass is 407 g/mol. The van der Waals surface area contributed by atoms with Crippen molar-refractivity contribution in [3.05, 3.63) is 59.9 Å². The van der Waals surface area contributed by atoms with Gasteiger partial charge in [0.1, 0.15) is 11.6 Å². The number of halogens is 2. The highest BCUT2D eigenvalue weighted by Gasteiger charge is 2.19. The lowest BCUT2D eigenvalue weighted by Crippen LogP contribution is -2.45. The van der Waals surface area contributed by atoms with Crippen molar-refractivity contribution in [2.24, 2.45) is 0 Å². The van der Waals surface area contributed by atoms with E-state index in [1.54, 1.807) is 30.3 Å². The molecule has 0 bridgehead atoms. The van der Waals surface area contributed by atoms with E-state index in [2.05, 4.69) is 16.0 Å². The summed E-state index contributed by atoms with van der Waals surface area (Å²) < 4.78 is 19.1.